The Kier molecular flexibility index (Phi) is 6.56. The number of hydrogen-bond donors (Lipinski definition) is 3. The molecule has 6 nitrogen and oxygen atoms in total. The molecule has 23 heavy (non-hydrogen) atoms. The zero-order valence-corrected chi connectivity index (χ0v) is 14.3. The first-order chi connectivity index (χ1) is 11.0. The van der Waals surface area contributed by atoms with Crippen LogP contribution in [0.15, 0.2) is 29.2 Å². The Morgan fingerprint density at radius 3 is 2.65 bits per heavy atom. The van der Waals surface area contributed by atoms with Crippen molar-refractivity contribution in [3.8, 4) is 0 Å². The maximum absolute atomic E-state index is 12.4. The van der Waals surface area contributed by atoms with Crippen molar-refractivity contribution in [3.63, 3.8) is 0 Å². The molecule has 1 amide bonds. The zero-order chi connectivity index (χ0) is 16.7. The molecule has 0 spiro atoms. The molecule has 0 radical (unpaired) electrons. The topological polar surface area (TPSA) is 87.3 Å². The van der Waals surface area contributed by atoms with Gasteiger partial charge in [0.25, 0.3) is 5.91 Å². The van der Waals surface area contributed by atoms with Crippen molar-refractivity contribution in [2.45, 2.75) is 43.5 Å². The third kappa shape index (κ3) is 5.30. The van der Waals surface area contributed by atoms with Gasteiger partial charge in [0.15, 0.2) is 0 Å². The molecular formula is C16H25N3O3S. The zero-order valence-electron chi connectivity index (χ0n) is 13.5. The molecule has 1 aliphatic rings. The molecular weight excluding hydrogens is 314 g/mol. The minimum absolute atomic E-state index is 0.0117. The summed E-state index contributed by atoms with van der Waals surface area (Å²) >= 11 is 0. The van der Waals surface area contributed by atoms with E-state index in [-0.39, 0.29) is 16.8 Å². The van der Waals surface area contributed by atoms with Crippen molar-refractivity contribution in [1.29, 1.82) is 0 Å². The first-order valence-electron chi connectivity index (χ1n) is 8.14. The van der Waals surface area contributed by atoms with Gasteiger partial charge in [0, 0.05) is 24.7 Å². The number of hydrogen-bond acceptors (Lipinski definition) is 4. The van der Waals surface area contributed by atoms with E-state index in [0.717, 1.165) is 32.2 Å². The van der Waals surface area contributed by atoms with E-state index in [1.165, 1.54) is 12.1 Å². The molecule has 1 saturated carbocycles. The van der Waals surface area contributed by atoms with E-state index < -0.39 is 10.0 Å². The van der Waals surface area contributed by atoms with E-state index in [9.17, 15) is 13.2 Å². The summed E-state index contributed by atoms with van der Waals surface area (Å²) in [6, 6.07) is 6.18. The minimum Gasteiger partial charge on any atom is -0.351 e. The molecule has 128 valence electrons. The molecule has 7 heteroatoms. The number of likely N-dealkylation sites (N-methyl/N-ethyl adjacent to an activating group) is 1. The molecule has 2 rings (SSSR count). The van der Waals surface area contributed by atoms with Crippen LogP contribution in [0.25, 0.3) is 0 Å². The SMILES string of the molecule is CCNCCNC(=O)c1cccc(S(=O)(=O)NC2CCCC2)c1. The quantitative estimate of drug-likeness (QED) is 0.622. The fourth-order valence-corrected chi connectivity index (χ4v) is 4.03. The molecule has 0 aromatic heterocycles. The second kappa shape index (κ2) is 8.42. The van der Waals surface area contributed by atoms with E-state index in [4.69, 9.17) is 0 Å². The van der Waals surface area contributed by atoms with E-state index in [0.29, 0.717) is 18.7 Å². The summed E-state index contributed by atoms with van der Waals surface area (Å²) < 4.78 is 27.5. The van der Waals surface area contributed by atoms with Gasteiger partial charge in [0.1, 0.15) is 0 Å². The van der Waals surface area contributed by atoms with Gasteiger partial charge in [-0.3, -0.25) is 4.79 Å². The van der Waals surface area contributed by atoms with Crippen molar-refractivity contribution in [3.05, 3.63) is 29.8 Å². The number of carbonyl (C=O) groups excluding carboxylic acids is 1. The predicted molar refractivity (Wildman–Crippen MR) is 89.9 cm³/mol. The van der Waals surface area contributed by atoms with Gasteiger partial charge in [-0.1, -0.05) is 25.8 Å². The normalized spacial score (nSPS) is 15.7. The van der Waals surface area contributed by atoms with E-state index >= 15 is 0 Å². The number of sulfonamides is 1. The van der Waals surface area contributed by atoms with Gasteiger partial charge in [-0.15, -0.1) is 0 Å². The Morgan fingerprint density at radius 2 is 1.96 bits per heavy atom. The summed E-state index contributed by atoms with van der Waals surface area (Å²) in [7, 11) is -3.57. The van der Waals surface area contributed by atoms with Crippen LogP contribution in [-0.2, 0) is 10.0 Å². The predicted octanol–water partition coefficient (Wildman–Crippen LogP) is 1.25. The van der Waals surface area contributed by atoms with Gasteiger partial charge in [-0.25, -0.2) is 13.1 Å². The first kappa shape index (κ1) is 17.9. The first-order valence-corrected chi connectivity index (χ1v) is 9.62. The Labute approximate surface area is 138 Å². The van der Waals surface area contributed by atoms with Crippen LogP contribution in [-0.4, -0.2) is 40.0 Å². The lowest BCUT2D eigenvalue weighted by Gasteiger charge is -2.13. The molecule has 1 aromatic rings. The van der Waals surface area contributed by atoms with Gasteiger partial charge < -0.3 is 10.6 Å². The smallest absolute Gasteiger partial charge is 0.251 e. The van der Waals surface area contributed by atoms with Crippen LogP contribution in [0.5, 0.6) is 0 Å². The number of rotatable bonds is 8. The number of amides is 1. The average molecular weight is 339 g/mol. The average Bonchev–Trinajstić information content (AvgIpc) is 3.04. The second-order valence-corrected chi connectivity index (χ2v) is 7.45. The maximum atomic E-state index is 12.4. The third-order valence-electron chi connectivity index (χ3n) is 3.92. The van der Waals surface area contributed by atoms with Crippen LogP contribution in [0.4, 0.5) is 0 Å². The Bertz CT molecular complexity index is 625. The van der Waals surface area contributed by atoms with Crippen molar-refractivity contribution >= 4 is 15.9 Å². The minimum atomic E-state index is -3.57. The monoisotopic (exact) mass is 339 g/mol. The van der Waals surface area contributed by atoms with Crippen molar-refractivity contribution in [2.24, 2.45) is 0 Å². The van der Waals surface area contributed by atoms with E-state index in [1.807, 2.05) is 6.92 Å². The standard InChI is InChI=1S/C16H25N3O3S/c1-2-17-10-11-18-16(20)13-6-5-9-15(12-13)23(21,22)19-14-7-3-4-8-14/h5-6,9,12,14,17,19H,2-4,7-8,10-11H2,1H3,(H,18,20). The van der Waals surface area contributed by atoms with Crippen molar-refractivity contribution < 1.29 is 13.2 Å². The largest absolute Gasteiger partial charge is 0.351 e. The highest BCUT2D eigenvalue weighted by Gasteiger charge is 2.23. The third-order valence-corrected chi connectivity index (χ3v) is 5.44. The van der Waals surface area contributed by atoms with Crippen LogP contribution in [0, 0.1) is 0 Å². The van der Waals surface area contributed by atoms with Crippen LogP contribution < -0.4 is 15.4 Å². The van der Waals surface area contributed by atoms with Gasteiger partial charge in [-0.2, -0.15) is 0 Å². The van der Waals surface area contributed by atoms with Gasteiger partial charge >= 0.3 is 0 Å². The van der Waals surface area contributed by atoms with Gasteiger partial charge in [-0.05, 0) is 37.6 Å². The van der Waals surface area contributed by atoms with Crippen LogP contribution in [0.3, 0.4) is 0 Å². The number of carbonyl (C=O) groups is 1. The molecule has 0 bridgehead atoms. The summed E-state index contributed by atoms with van der Waals surface area (Å²) in [6.07, 6.45) is 3.87. The molecule has 0 atom stereocenters. The molecule has 1 fully saturated rings. The highest BCUT2D eigenvalue weighted by Crippen LogP contribution is 2.20. The number of nitrogens with one attached hydrogen (secondary N) is 3. The second-order valence-electron chi connectivity index (χ2n) is 5.74. The molecule has 0 heterocycles. The number of benzene rings is 1. The maximum Gasteiger partial charge on any atom is 0.251 e. The lowest BCUT2D eigenvalue weighted by molar-refractivity contribution is 0.0953. The summed E-state index contributed by atoms with van der Waals surface area (Å²) in [5.41, 5.74) is 0.357. The highest BCUT2D eigenvalue weighted by atomic mass is 32.2. The molecule has 0 unspecified atom stereocenters. The van der Waals surface area contributed by atoms with Crippen LogP contribution in [0.1, 0.15) is 43.0 Å². The molecule has 3 N–H and O–H groups in total. The Balaban J connectivity index is 2.01. The van der Waals surface area contributed by atoms with Crippen molar-refractivity contribution in [1.82, 2.24) is 15.4 Å². The fraction of sp³-hybridized carbons (Fsp3) is 0.562. The molecule has 1 aliphatic carbocycles. The van der Waals surface area contributed by atoms with Gasteiger partial charge in [0.2, 0.25) is 10.0 Å². The van der Waals surface area contributed by atoms with E-state index in [2.05, 4.69) is 15.4 Å². The Morgan fingerprint density at radius 1 is 1.22 bits per heavy atom. The summed E-state index contributed by atoms with van der Waals surface area (Å²) in [5, 5.41) is 5.88. The molecule has 0 aliphatic heterocycles. The lowest BCUT2D eigenvalue weighted by atomic mass is 10.2. The molecule has 1 aromatic carbocycles. The summed E-state index contributed by atoms with van der Waals surface area (Å²) in [4.78, 5) is 12.2. The fourth-order valence-electron chi connectivity index (χ4n) is 2.68. The van der Waals surface area contributed by atoms with Crippen LogP contribution >= 0.6 is 0 Å². The summed E-state index contributed by atoms with van der Waals surface area (Å²) in [6.45, 7) is 4.03. The van der Waals surface area contributed by atoms with Crippen LogP contribution in [0.2, 0.25) is 0 Å². The molecule has 0 saturated heterocycles. The van der Waals surface area contributed by atoms with Gasteiger partial charge in [0.05, 0.1) is 4.90 Å². The Hall–Kier alpha value is -1.44. The van der Waals surface area contributed by atoms with Crippen molar-refractivity contribution in [2.75, 3.05) is 19.6 Å². The summed E-state index contributed by atoms with van der Waals surface area (Å²) in [5.74, 6) is -0.263. The van der Waals surface area contributed by atoms with E-state index in [1.54, 1.807) is 12.1 Å². The highest BCUT2D eigenvalue weighted by molar-refractivity contribution is 7.89. The lowest BCUT2D eigenvalue weighted by Crippen LogP contribution is -2.33.